The van der Waals surface area contributed by atoms with Gasteiger partial charge in [0.2, 0.25) is 0 Å². The largest absolute Gasteiger partial charge is 0.495 e. The Morgan fingerprint density at radius 1 is 1.35 bits per heavy atom. The lowest BCUT2D eigenvalue weighted by Crippen LogP contribution is -2.00. The van der Waals surface area contributed by atoms with Gasteiger partial charge in [0.1, 0.15) is 11.8 Å². The zero-order valence-corrected chi connectivity index (χ0v) is 10.7. The van der Waals surface area contributed by atoms with Crippen LogP contribution in [0.2, 0.25) is 0 Å². The Bertz CT molecular complexity index is 394. The molecule has 0 saturated carbocycles. The number of hydrogen-bond acceptors (Lipinski definition) is 3. The molecule has 1 aromatic rings. The van der Waals surface area contributed by atoms with E-state index in [1.165, 1.54) is 0 Å². The Hall–Kier alpha value is -1.53. The van der Waals surface area contributed by atoms with E-state index in [1.807, 2.05) is 12.1 Å². The molecule has 0 radical (unpaired) electrons. The fourth-order valence-electron chi connectivity index (χ4n) is 1.44. The quantitative estimate of drug-likeness (QED) is 0.709. The van der Waals surface area contributed by atoms with Crippen molar-refractivity contribution in [3.63, 3.8) is 0 Å². The molecule has 17 heavy (non-hydrogen) atoms. The van der Waals surface area contributed by atoms with Crippen LogP contribution in [0.4, 0.5) is 0 Å². The molecule has 3 heteroatoms. The molecule has 0 aliphatic carbocycles. The molecule has 92 valence electrons. The van der Waals surface area contributed by atoms with E-state index in [2.05, 4.69) is 19.9 Å². The highest BCUT2D eigenvalue weighted by molar-refractivity contribution is 5.45. The Kier molecular flexibility index (Phi) is 5.51. The van der Waals surface area contributed by atoms with Gasteiger partial charge in [-0.05, 0) is 30.0 Å². The summed E-state index contributed by atoms with van der Waals surface area (Å²) in [6.45, 7) is 5.64. The standard InChI is InChI=1S/C14H19NO2/c1-11(2)6-7-17-10-12-4-5-14(16-3)13(8-12)9-15/h4-5,8,11H,6-7,10H2,1-3H3. The molecule has 0 heterocycles. The van der Waals surface area contributed by atoms with E-state index >= 15 is 0 Å². The van der Waals surface area contributed by atoms with E-state index in [0.29, 0.717) is 23.8 Å². The number of nitrogens with zero attached hydrogens (tertiary/aromatic N) is 1. The molecular formula is C14H19NO2. The molecule has 0 spiro atoms. The van der Waals surface area contributed by atoms with Crippen LogP contribution in [0.1, 0.15) is 31.4 Å². The van der Waals surface area contributed by atoms with Gasteiger partial charge in [0, 0.05) is 6.61 Å². The molecule has 0 fully saturated rings. The van der Waals surface area contributed by atoms with Crippen molar-refractivity contribution in [2.24, 2.45) is 5.92 Å². The summed E-state index contributed by atoms with van der Waals surface area (Å²) in [4.78, 5) is 0. The first-order chi connectivity index (χ1) is 8.17. The van der Waals surface area contributed by atoms with Gasteiger partial charge in [0.15, 0.2) is 0 Å². The third kappa shape index (κ3) is 4.46. The van der Waals surface area contributed by atoms with Gasteiger partial charge in [-0.2, -0.15) is 5.26 Å². The Labute approximate surface area is 103 Å². The Morgan fingerprint density at radius 3 is 2.71 bits per heavy atom. The van der Waals surface area contributed by atoms with Crippen molar-refractivity contribution in [2.45, 2.75) is 26.9 Å². The van der Waals surface area contributed by atoms with Crippen LogP contribution in [0.3, 0.4) is 0 Å². The molecule has 0 N–H and O–H groups in total. The van der Waals surface area contributed by atoms with Gasteiger partial charge >= 0.3 is 0 Å². The van der Waals surface area contributed by atoms with E-state index in [1.54, 1.807) is 13.2 Å². The lowest BCUT2D eigenvalue weighted by atomic mass is 10.1. The predicted octanol–water partition coefficient (Wildman–Crippen LogP) is 3.13. The fourth-order valence-corrected chi connectivity index (χ4v) is 1.44. The average Bonchev–Trinajstić information content (AvgIpc) is 2.34. The van der Waals surface area contributed by atoms with E-state index in [9.17, 15) is 0 Å². The number of nitriles is 1. The van der Waals surface area contributed by atoms with Crippen LogP contribution < -0.4 is 4.74 Å². The molecule has 1 aromatic carbocycles. The second-order valence-corrected chi connectivity index (χ2v) is 4.38. The molecule has 3 nitrogen and oxygen atoms in total. The SMILES string of the molecule is COc1ccc(COCCC(C)C)cc1C#N. The average molecular weight is 233 g/mol. The summed E-state index contributed by atoms with van der Waals surface area (Å²) in [6.07, 6.45) is 1.06. The minimum absolute atomic E-state index is 0.547. The molecule has 0 aliphatic rings. The maximum atomic E-state index is 8.95. The van der Waals surface area contributed by atoms with Crippen molar-refractivity contribution < 1.29 is 9.47 Å². The molecular weight excluding hydrogens is 214 g/mol. The van der Waals surface area contributed by atoms with Crippen molar-refractivity contribution in [2.75, 3.05) is 13.7 Å². The molecule has 1 rings (SSSR count). The van der Waals surface area contributed by atoms with Crippen LogP contribution in [0.5, 0.6) is 5.75 Å². The first kappa shape index (κ1) is 13.5. The monoisotopic (exact) mass is 233 g/mol. The van der Waals surface area contributed by atoms with Crippen LogP contribution in [0.25, 0.3) is 0 Å². The van der Waals surface area contributed by atoms with Gasteiger partial charge in [-0.15, -0.1) is 0 Å². The summed E-state index contributed by atoms with van der Waals surface area (Å²) in [7, 11) is 1.56. The summed E-state index contributed by atoms with van der Waals surface area (Å²) in [5, 5.41) is 8.95. The maximum Gasteiger partial charge on any atom is 0.136 e. The van der Waals surface area contributed by atoms with E-state index in [0.717, 1.165) is 18.6 Å². The van der Waals surface area contributed by atoms with Crippen molar-refractivity contribution in [3.8, 4) is 11.8 Å². The second-order valence-electron chi connectivity index (χ2n) is 4.38. The molecule has 0 aromatic heterocycles. The van der Waals surface area contributed by atoms with E-state index in [4.69, 9.17) is 14.7 Å². The molecule has 0 amide bonds. The lowest BCUT2D eigenvalue weighted by molar-refractivity contribution is 0.110. The summed E-state index contributed by atoms with van der Waals surface area (Å²) >= 11 is 0. The van der Waals surface area contributed by atoms with Crippen LogP contribution in [-0.4, -0.2) is 13.7 Å². The van der Waals surface area contributed by atoms with Gasteiger partial charge < -0.3 is 9.47 Å². The van der Waals surface area contributed by atoms with E-state index in [-0.39, 0.29) is 0 Å². The van der Waals surface area contributed by atoms with Gasteiger partial charge in [0.05, 0.1) is 19.3 Å². The van der Waals surface area contributed by atoms with Crippen LogP contribution >= 0.6 is 0 Å². The number of methoxy groups -OCH3 is 1. The van der Waals surface area contributed by atoms with Crippen molar-refractivity contribution in [3.05, 3.63) is 29.3 Å². The van der Waals surface area contributed by atoms with Crippen LogP contribution in [0, 0.1) is 17.2 Å². The fraction of sp³-hybridized carbons (Fsp3) is 0.500. The molecule has 0 aliphatic heterocycles. The number of hydrogen-bond donors (Lipinski definition) is 0. The maximum absolute atomic E-state index is 8.95. The minimum Gasteiger partial charge on any atom is -0.495 e. The van der Waals surface area contributed by atoms with Crippen molar-refractivity contribution in [1.82, 2.24) is 0 Å². The summed E-state index contributed by atoms with van der Waals surface area (Å²) in [6, 6.07) is 7.66. The smallest absolute Gasteiger partial charge is 0.136 e. The topological polar surface area (TPSA) is 42.2 Å². The highest BCUT2D eigenvalue weighted by atomic mass is 16.5. The van der Waals surface area contributed by atoms with Gasteiger partial charge in [-0.25, -0.2) is 0 Å². The van der Waals surface area contributed by atoms with E-state index < -0.39 is 0 Å². The molecule has 0 bridgehead atoms. The molecule has 0 atom stereocenters. The first-order valence-corrected chi connectivity index (χ1v) is 5.82. The van der Waals surface area contributed by atoms with Crippen molar-refractivity contribution >= 4 is 0 Å². The Balaban J connectivity index is 2.52. The Morgan fingerprint density at radius 2 is 2.12 bits per heavy atom. The summed E-state index contributed by atoms with van der Waals surface area (Å²) in [5.41, 5.74) is 1.56. The molecule has 0 saturated heterocycles. The predicted molar refractivity (Wildman–Crippen MR) is 66.8 cm³/mol. The first-order valence-electron chi connectivity index (χ1n) is 5.82. The van der Waals surface area contributed by atoms with Crippen LogP contribution in [-0.2, 0) is 11.3 Å². The molecule has 0 unspecified atom stereocenters. The van der Waals surface area contributed by atoms with Crippen molar-refractivity contribution in [1.29, 1.82) is 5.26 Å². The zero-order chi connectivity index (χ0) is 12.7. The minimum atomic E-state index is 0.547. The third-order valence-electron chi connectivity index (χ3n) is 2.49. The second kappa shape index (κ2) is 6.93. The summed E-state index contributed by atoms with van der Waals surface area (Å²) < 4.78 is 10.6. The van der Waals surface area contributed by atoms with Gasteiger partial charge in [0.25, 0.3) is 0 Å². The lowest BCUT2D eigenvalue weighted by Gasteiger charge is -2.08. The van der Waals surface area contributed by atoms with Gasteiger partial charge in [-0.1, -0.05) is 19.9 Å². The third-order valence-corrected chi connectivity index (χ3v) is 2.49. The van der Waals surface area contributed by atoms with Crippen LogP contribution in [0.15, 0.2) is 18.2 Å². The summed E-state index contributed by atoms with van der Waals surface area (Å²) in [5.74, 6) is 1.26. The number of ether oxygens (including phenoxy) is 2. The number of benzene rings is 1. The normalized spacial score (nSPS) is 10.3. The highest BCUT2D eigenvalue weighted by Crippen LogP contribution is 2.19. The zero-order valence-electron chi connectivity index (χ0n) is 10.7. The highest BCUT2D eigenvalue weighted by Gasteiger charge is 2.03. The number of rotatable bonds is 6. The van der Waals surface area contributed by atoms with Gasteiger partial charge in [-0.3, -0.25) is 0 Å².